The van der Waals surface area contributed by atoms with Crippen LogP contribution in [0, 0.1) is 6.92 Å². The molecular formula is C21H16ClN3O5. The number of nitrogens with zero attached hydrogens (tertiary/aromatic N) is 3. The van der Waals surface area contributed by atoms with Gasteiger partial charge in [0.05, 0.1) is 0 Å². The van der Waals surface area contributed by atoms with Gasteiger partial charge in [0.1, 0.15) is 22.8 Å². The van der Waals surface area contributed by atoms with Gasteiger partial charge in [-0.25, -0.2) is 4.79 Å². The number of aromatic nitrogens is 3. The molecule has 0 spiro atoms. The van der Waals surface area contributed by atoms with Gasteiger partial charge in [-0.2, -0.15) is 0 Å². The molecule has 4 rings (SSSR count). The zero-order valence-electron chi connectivity index (χ0n) is 15.9. The Bertz CT molecular complexity index is 1160. The Labute approximate surface area is 176 Å². The average molecular weight is 426 g/mol. The summed E-state index contributed by atoms with van der Waals surface area (Å²) in [5, 5.41) is 12.6. The molecule has 0 bridgehead atoms. The van der Waals surface area contributed by atoms with Crippen molar-refractivity contribution in [1.82, 2.24) is 15.4 Å². The van der Waals surface area contributed by atoms with Gasteiger partial charge in [0.25, 0.3) is 11.8 Å². The summed E-state index contributed by atoms with van der Waals surface area (Å²) >= 11 is 5.87. The standard InChI is InChI=1S/C21H16ClN3O5/c1-13-19(20(25-30-13)14-6-3-2-4-7-14)21-24-23-17(29-21)11-28-18(26)12-27-16-9-5-8-15(22)10-16/h2-10H,11-12H2,1H3. The second kappa shape index (κ2) is 8.79. The van der Waals surface area contributed by atoms with Gasteiger partial charge in [-0.15, -0.1) is 10.2 Å². The van der Waals surface area contributed by atoms with E-state index in [4.69, 9.17) is 30.0 Å². The minimum Gasteiger partial charge on any atom is -0.482 e. The van der Waals surface area contributed by atoms with E-state index in [1.54, 1.807) is 31.2 Å². The minimum atomic E-state index is -0.583. The molecule has 0 aliphatic heterocycles. The van der Waals surface area contributed by atoms with Crippen molar-refractivity contribution in [3.8, 4) is 28.5 Å². The summed E-state index contributed by atoms with van der Waals surface area (Å²) in [5.74, 6) is 0.794. The van der Waals surface area contributed by atoms with Crippen molar-refractivity contribution >= 4 is 17.6 Å². The van der Waals surface area contributed by atoms with Crippen LogP contribution in [0.5, 0.6) is 5.75 Å². The number of benzene rings is 2. The molecule has 0 atom stereocenters. The predicted molar refractivity (Wildman–Crippen MR) is 107 cm³/mol. The van der Waals surface area contributed by atoms with Crippen LogP contribution in [0.15, 0.2) is 63.5 Å². The van der Waals surface area contributed by atoms with Gasteiger partial charge in [0.15, 0.2) is 13.2 Å². The maximum Gasteiger partial charge on any atom is 0.344 e. The first-order chi connectivity index (χ1) is 14.6. The maximum atomic E-state index is 11.9. The SMILES string of the molecule is Cc1onc(-c2ccccc2)c1-c1nnc(COC(=O)COc2cccc(Cl)c2)o1. The van der Waals surface area contributed by atoms with Crippen LogP contribution in [0.4, 0.5) is 0 Å². The monoisotopic (exact) mass is 425 g/mol. The van der Waals surface area contributed by atoms with Crippen LogP contribution >= 0.6 is 11.6 Å². The van der Waals surface area contributed by atoms with Gasteiger partial charge in [-0.05, 0) is 25.1 Å². The van der Waals surface area contributed by atoms with E-state index in [1.165, 1.54) is 0 Å². The molecule has 9 heteroatoms. The van der Waals surface area contributed by atoms with Crippen LogP contribution < -0.4 is 4.74 Å². The summed E-state index contributed by atoms with van der Waals surface area (Å²) in [6.07, 6.45) is 0. The first-order valence-electron chi connectivity index (χ1n) is 8.98. The Morgan fingerprint density at radius 2 is 1.93 bits per heavy atom. The van der Waals surface area contributed by atoms with Gasteiger partial charge in [0.2, 0.25) is 0 Å². The molecule has 0 amide bonds. The third kappa shape index (κ3) is 4.49. The van der Waals surface area contributed by atoms with Gasteiger partial charge >= 0.3 is 5.97 Å². The van der Waals surface area contributed by atoms with Crippen molar-refractivity contribution in [3.05, 3.63) is 71.3 Å². The molecule has 0 N–H and O–H groups in total. The highest BCUT2D eigenvalue weighted by molar-refractivity contribution is 6.30. The molecule has 2 aromatic heterocycles. The fourth-order valence-electron chi connectivity index (χ4n) is 2.71. The summed E-state index contributed by atoms with van der Waals surface area (Å²) < 4.78 is 21.4. The normalized spacial score (nSPS) is 10.7. The van der Waals surface area contributed by atoms with E-state index in [-0.39, 0.29) is 25.0 Å². The highest BCUT2D eigenvalue weighted by Crippen LogP contribution is 2.33. The highest BCUT2D eigenvalue weighted by atomic mass is 35.5. The molecule has 0 aliphatic carbocycles. The molecule has 0 aliphatic rings. The Hall–Kier alpha value is -3.65. The van der Waals surface area contributed by atoms with Crippen molar-refractivity contribution in [2.75, 3.05) is 6.61 Å². The molecule has 2 aromatic carbocycles. The number of halogens is 1. The third-order valence-electron chi connectivity index (χ3n) is 4.10. The van der Waals surface area contributed by atoms with Gasteiger partial charge < -0.3 is 18.4 Å². The van der Waals surface area contributed by atoms with E-state index in [1.807, 2.05) is 30.3 Å². The summed E-state index contributed by atoms with van der Waals surface area (Å²) in [5.41, 5.74) is 2.04. The van der Waals surface area contributed by atoms with E-state index in [0.717, 1.165) is 5.56 Å². The van der Waals surface area contributed by atoms with Crippen LogP contribution in [0.2, 0.25) is 5.02 Å². The number of rotatable bonds is 7. The first kappa shape index (κ1) is 19.7. The molecule has 152 valence electrons. The van der Waals surface area contributed by atoms with Crippen LogP contribution in [0.1, 0.15) is 11.7 Å². The first-order valence-corrected chi connectivity index (χ1v) is 9.36. The van der Waals surface area contributed by atoms with Crippen LogP contribution in [-0.4, -0.2) is 27.9 Å². The molecule has 0 radical (unpaired) electrons. The van der Waals surface area contributed by atoms with Crippen molar-refractivity contribution in [2.24, 2.45) is 0 Å². The summed E-state index contributed by atoms with van der Waals surface area (Å²) in [6.45, 7) is 1.30. The fourth-order valence-corrected chi connectivity index (χ4v) is 2.89. The molecule has 2 heterocycles. The molecule has 30 heavy (non-hydrogen) atoms. The number of carbonyl (C=O) groups is 1. The third-order valence-corrected chi connectivity index (χ3v) is 4.34. The maximum absolute atomic E-state index is 11.9. The number of hydrogen-bond acceptors (Lipinski definition) is 8. The van der Waals surface area contributed by atoms with Crippen LogP contribution in [0.3, 0.4) is 0 Å². The lowest BCUT2D eigenvalue weighted by atomic mass is 10.1. The minimum absolute atomic E-state index is 0.140. The quantitative estimate of drug-likeness (QED) is 0.399. The molecular weight excluding hydrogens is 410 g/mol. The molecule has 0 saturated carbocycles. The van der Waals surface area contributed by atoms with Gasteiger partial charge in [0, 0.05) is 10.6 Å². The smallest absolute Gasteiger partial charge is 0.344 e. The van der Waals surface area contributed by atoms with Crippen molar-refractivity contribution in [3.63, 3.8) is 0 Å². The predicted octanol–water partition coefficient (Wildman–Crippen LogP) is 4.48. The number of hydrogen-bond donors (Lipinski definition) is 0. The number of carbonyl (C=O) groups excluding carboxylic acids is 1. The zero-order chi connectivity index (χ0) is 20.9. The molecule has 4 aromatic rings. The molecule has 0 unspecified atom stereocenters. The van der Waals surface area contributed by atoms with Gasteiger partial charge in [-0.1, -0.05) is 53.2 Å². The van der Waals surface area contributed by atoms with E-state index < -0.39 is 5.97 Å². The van der Waals surface area contributed by atoms with Crippen molar-refractivity contribution in [2.45, 2.75) is 13.5 Å². The Kier molecular flexibility index (Phi) is 5.76. The zero-order valence-corrected chi connectivity index (χ0v) is 16.6. The summed E-state index contributed by atoms with van der Waals surface area (Å²) in [4.78, 5) is 11.9. The van der Waals surface area contributed by atoms with Crippen molar-refractivity contribution in [1.29, 1.82) is 0 Å². The van der Waals surface area contributed by atoms with E-state index in [0.29, 0.717) is 27.8 Å². The van der Waals surface area contributed by atoms with Gasteiger partial charge in [-0.3, -0.25) is 0 Å². The molecule has 0 fully saturated rings. The van der Waals surface area contributed by atoms with Crippen LogP contribution in [-0.2, 0) is 16.1 Å². The lowest BCUT2D eigenvalue weighted by Crippen LogP contribution is -2.14. The number of aryl methyl sites for hydroxylation is 1. The lowest BCUT2D eigenvalue weighted by molar-refractivity contribution is -0.148. The Balaban J connectivity index is 1.39. The fraction of sp³-hybridized carbons (Fsp3) is 0.143. The van der Waals surface area contributed by atoms with Crippen LogP contribution in [0.25, 0.3) is 22.7 Å². The molecule has 8 nitrogen and oxygen atoms in total. The number of ether oxygens (including phenoxy) is 2. The largest absolute Gasteiger partial charge is 0.482 e. The van der Waals surface area contributed by atoms with E-state index >= 15 is 0 Å². The lowest BCUT2D eigenvalue weighted by Gasteiger charge is -2.05. The summed E-state index contributed by atoms with van der Waals surface area (Å²) in [6, 6.07) is 16.2. The summed E-state index contributed by atoms with van der Waals surface area (Å²) in [7, 11) is 0. The molecule has 0 saturated heterocycles. The Morgan fingerprint density at radius 3 is 2.73 bits per heavy atom. The topological polar surface area (TPSA) is 100 Å². The van der Waals surface area contributed by atoms with E-state index in [9.17, 15) is 4.79 Å². The average Bonchev–Trinajstić information content (AvgIpc) is 3.37. The number of esters is 1. The highest BCUT2D eigenvalue weighted by Gasteiger charge is 2.22. The van der Waals surface area contributed by atoms with Crippen molar-refractivity contribution < 1.29 is 23.2 Å². The Morgan fingerprint density at radius 1 is 1.10 bits per heavy atom. The van der Waals surface area contributed by atoms with E-state index in [2.05, 4.69) is 15.4 Å². The second-order valence-electron chi connectivity index (χ2n) is 6.24. The second-order valence-corrected chi connectivity index (χ2v) is 6.67.